The molecule has 0 N–H and O–H groups in total. The Bertz CT molecular complexity index is 1040. The smallest absolute Gasteiger partial charge is 0.254 e. The number of fused-ring (bicyclic) bond motifs is 1. The lowest BCUT2D eigenvalue weighted by Crippen LogP contribution is -2.30. The van der Waals surface area contributed by atoms with Gasteiger partial charge in [-0.15, -0.1) is 5.10 Å². The normalized spacial score (nSPS) is 13.6. The van der Waals surface area contributed by atoms with Gasteiger partial charge >= 0.3 is 0 Å². The van der Waals surface area contributed by atoms with Crippen molar-refractivity contribution in [3.05, 3.63) is 64.9 Å². The first-order valence-electron chi connectivity index (χ1n) is 8.69. The van der Waals surface area contributed by atoms with Crippen LogP contribution in [0.1, 0.15) is 35.5 Å². The highest BCUT2D eigenvalue weighted by Gasteiger charge is 2.29. The average Bonchev–Trinajstić information content (AvgIpc) is 3.15. The van der Waals surface area contributed by atoms with Crippen LogP contribution in [0.25, 0.3) is 16.9 Å². The molecule has 0 aliphatic carbocycles. The summed E-state index contributed by atoms with van der Waals surface area (Å²) in [4.78, 5) is 14.2. The van der Waals surface area contributed by atoms with Crippen molar-refractivity contribution in [3.8, 4) is 16.9 Å². The van der Waals surface area contributed by atoms with Gasteiger partial charge in [0.05, 0.1) is 5.69 Å². The Morgan fingerprint density at radius 3 is 2.48 bits per heavy atom. The number of carbonyl (C=O) groups excluding carboxylic acids is 1. The van der Waals surface area contributed by atoms with Crippen LogP contribution >= 0.6 is 0 Å². The molecule has 2 aromatic carbocycles. The second kappa shape index (κ2) is 6.26. The average molecular weight is 368 g/mol. The summed E-state index contributed by atoms with van der Waals surface area (Å²) < 4.78 is 29.4. The van der Waals surface area contributed by atoms with Crippen molar-refractivity contribution in [1.82, 2.24) is 19.9 Å². The molecule has 0 unspecified atom stereocenters. The first-order valence-corrected chi connectivity index (χ1v) is 8.69. The summed E-state index contributed by atoms with van der Waals surface area (Å²) >= 11 is 0. The third-order valence-corrected chi connectivity index (χ3v) is 4.88. The van der Waals surface area contributed by atoms with Gasteiger partial charge in [0.25, 0.3) is 5.91 Å². The minimum absolute atomic E-state index is 0.0142. The molecule has 1 aliphatic heterocycles. The summed E-state index contributed by atoms with van der Waals surface area (Å²) in [5.41, 5.74) is 3.14. The molecular weight excluding hydrogens is 350 g/mol. The largest absolute Gasteiger partial charge is 0.332 e. The van der Waals surface area contributed by atoms with Crippen LogP contribution in [-0.4, -0.2) is 31.8 Å². The van der Waals surface area contributed by atoms with Crippen molar-refractivity contribution in [1.29, 1.82) is 0 Å². The molecular formula is C20H18F2N4O. The van der Waals surface area contributed by atoms with Crippen LogP contribution in [0.4, 0.5) is 8.78 Å². The fourth-order valence-corrected chi connectivity index (χ4v) is 3.41. The lowest BCUT2D eigenvalue weighted by Gasteiger charge is -2.19. The molecule has 27 heavy (non-hydrogen) atoms. The molecule has 0 fully saturated rings. The molecule has 0 saturated heterocycles. The predicted molar refractivity (Wildman–Crippen MR) is 96.5 cm³/mol. The Kier molecular flexibility index (Phi) is 4.02. The van der Waals surface area contributed by atoms with E-state index in [1.807, 2.05) is 19.9 Å². The van der Waals surface area contributed by atoms with E-state index >= 15 is 0 Å². The highest BCUT2D eigenvalue weighted by molar-refractivity contribution is 5.99. The summed E-state index contributed by atoms with van der Waals surface area (Å²) in [6, 6.07) is 9.24. The van der Waals surface area contributed by atoms with E-state index < -0.39 is 11.6 Å². The molecule has 0 atom stereocenters. The Hall–Kier alpha value is -3.09. The molecule has 5 nitrogen and oxygen atoms in total. The number of rotatable bonds is 3. The van der Waals surface area contributed by atoms with Crippen molar-refractivity contribution in [2.75, 3.05) is 0 Å². The van der Waals surface area contributed by atoms with Crippen LogP contribution in [0, 0.1) is 18.6 Å². The van der Waals surface area contributed by atoms with Gasteiger partial charge in [-0.2, -0.15) is 0 Å². The highest BCUT2D eigenvalue weighted by Crippen LogP contribution is 2.31. The minimum atomic E-state index is -0.707. The van der Waals surface area contributed by atoms with Gasteiger partial charge < -0.3 is 4.90 Å². The summed E-state index contributed by atoms with van der Waals surface area (Å²) in [7, 11) is 0. The van der Waals surface area contributed by atoms with Gasteiger partial charge in [-0.05, 0) is 50.6 Å². The predicted octanol–water partition coefficient (Wildman–Crippen LogP) is 3.89. The summed E-state index contributed by atoms with van der Waals surface area (Å²) in [6.07, 6.45) is 0. The Labute approximate surface area is 155 Å². The van der Waals surface area contributed by atoms with Crippen LogP contribution in [0.5, 0.6) is 0 Å². The molecule has 0 spiro atoms. The van der Waals surface area contributed by atoms with E-state index in [0.717, 1.165) is 11.1 Å². The topological polar surface area (TPSA) is 51.0 Å². The van der Waals surface area contributed by atoms with Gasteiger partial charge in [0.1, 0.15) is 11.4 Å². The summed E-state index contributed by atoms with van der Waals surface area (Å²) in [6.45, 7) is 6.20. The van der Waals surface area contributed by atoms with Crippen LogP contribution in [0.2, 0.25) is 0 Å². The lowest BCUT2D eigenvalue weighted by molar-refractivity contribution is 0.0730. The molecule has 1 aromatic heterocycles. The van der Waals surface area contributed by atoms with E-state index in [0.29, 0.717) is 23.5 Å². The molecule has 2 heterocycles. The number of aromatic nitrogens is 3. The van der Waals surface area contributed by atoms with Gasteiger partial charge in [-0.3, -0.25) is 4.79 Å². The maximum atomic E-state index is 14.1. The number of nitrogens with zero attached hydrogens (tertiary/aromatic N) is 4. The van der Waals surface area contributed by atoms with Crippen LogP contribution in [0.3, 0.4) is 0 Å². The van der Waals surface area contributed by atoms with Gasteiger partial charge in [-0.25, -0.2) is 13.5 Å². The van der Waals surface area contributed by atoms with E-state index in [-0.39, 0.29) is 17.6 Å². The maximum absolute atomic E-state index is 14.1. The molecule has 0 saturated carbocycles. The summed E-state index contributed by atoms with van der Waals surface area (Å²) in [5, 5.41) is 8.07. The molecule has 7 heteroatoms. The van der Waals surface area contributed by atoms with Crippen molar-refractivity contribution >= 4 is 5.91 Å². The van der Waals surface area contributed by atoms with Crippen molar-refractivity contribution < 1.29 is 13.6 Å². The fraction of sp³-hybridized carbons (Fsp3) is 0.250. The second-order valence-corrected chi connectivity index (χ2v) is 6.90. The number of hydrogen-bond donors (Lipinski definition) is 0. The Morgan fingerprint density at radius 2 is 1.81 bits per heavy atom. The zero-order valence-corrected chi connectivity index (χ0v) is 15.2. The number of para-hydroxylation sites is 1. The number of halogens is 2. The Morgan fingerprint density at radius 1 is 1.11 bits per heavy atom. The summed E-state index contributed by atoms with van der Waals surface area (Å²) in [5.74, 6) is -1.40. The van der Waals surface area contributed by atoms with E-state index in [9.17, 15) is 13.6 Å². The van der Waals surface area contributed by atoms with Crippen molar-refractivity contribution in [2.24, 2.45) is 0 Å². The van der Waals surface area contributed by atoms with Crippen LogP contribution < -0.4 is 0 Å². The second-order valence-electron chi connectivity index (χ2n) is 6.90. The Balaban J connectivity index is 1.76. The highest BCUT2D eigenvalue weighted by atomic mass is 19.1. The number of hydrogen-bond acceptors (Lipinski definition) is 3. The standard InChI is InChI=1S/C20H18F2N4O/c1-11(2)25-10-14-9-13(7-8-15(14)20(25)27)18-12(3)26(24-23-18)19-16(21)5-4-6-17(19)22/h4-9,11H,10H2,1-3H3. The SMILES string of the molecule is Cc1c(-c2ccc3c(c2)CN(C(C)C)C3=O)nnn1-c1c(F)cccc1F. The zero-order valence-electron chi connectivity index (χ0n) is 15.2. The molecule has 1 aliphatic rings. The van der Waals surface area contributed by atoms with Gasteiger partial charge in [0.15, 0.2) is 11.6 Å². The number of carbonyl (C=O) groups is 1. The molecule has 0 radical (unpaired) electrons. The van der Waals surface area contributed by atoms with Crippen LogP contribution in [-0.2, 0) is 6.54 Å². The van der Waals surface area contributed by atoms with E-state index in [1.165, 1.54) is 22.9 Å². The molecule has 3 aromatic rings. The van der Waals surface area contributed by atoms with Crippen LogP contribution in [0.15, 0.2) is 36.4 Å². The van der Waals surface area contributed by atoms with Gasteiger partial charge in [-0.1, -0.05) is 17.3 Å². The molecule has 1 amide bonds. The van der Waals surface area contributed by atoms with Crippen molar-refractivity contribution in [3.63, 3.8) is 0 Å². The lowest BCUT2D eigenvalue weighted by atomic mass is 10.0. The zero-order chi connectivity index (χ0) is 19.3. The molecule has 0 bridgehead atoms. The van der Waals surface area contributed by atoms with Gasteiger partial charge in [0.2, 0.25) is 0 Å². The van der Waals surface area contributed by atoms with E-state index in [1.54, 1.807) is 24.0 Å². The quantitative estimate of drug-likeness (QED) is 0.705. The third kappa shape index (κ3) is 2.70. The molecule has 4 rings (SSSR count). The minimum Gasteiger partial charge on any atom is -0.332 e. The first kappa shape index (κ1) is 17.3. The third-order valence-electron chi connectivity index (χ3n) is 4.88. The monoisotopic (exact) mass is 368 g/mol. The number of amides is 1. The number of benzene rings is 2. The van der Waals surface area contributed by atoms with Crippen molar-refractivity contribution in [2.45, 2.75) is 33.4 Å². The maximum Gasteiger partial charge on any atom is 0.254 e. The van der Waals surface area contributed by atoms with E-state index in [2.05, 4.69) is 10.3 Å². The molecule has 138 valence electrons. The van der Waals surface area contributed by atoms with Gasteiger partial charge in [0, 0.05) is 23.7 Å². The fourth-order valence-electron chi connectivity index (χ4n) is 3.41. The van der Waals surface area contributed by atoms with E-state index in [4.69, 9.17) is 0 Å². The first-order chi connectivity index (χ1) is 12.9.